The second-order valence-corrected chi connectivity index (χ2v) is 4.86. The lowest BCUT2D eigenvalue weighted by Gasteiger charge is -2.07. The van der Waals surface area contributed by atoms with Gasteiger partial charge in [0, 0.05) is 36.3 Å². The molecule has 0 bridgehead atoms. The highest BCUT2D eigenvalue weighted by Crippen LogP contribution is 2.22. The van der Waals surface area contributed by atoms with Crippen LogP contribution in [-0.2, 0) is 6.42 Å². The minimum atomic E-state index is -0.339. The van der Waals surface area contributed by atoms with Gasteiger partial charge in [0.25, 0.3) is 0 Å². The molecule has 0 spiro atoms. The van der Waals surface area contributed by atoms with Crippen LogP contribution in [0.3, 0.4) is 0 Å². The largest absolute Gasteiger partial charge is 0.493 e. The highest BCUT2D eigenvalue weighted by Gasteiger charge is 2.04. The molecular formula is C17H15NO3. The molecule has 0 unspecified atom stereocenters. The van der Waals surface area contributed by atoms with Crippen molar-refractivity contribution in [3.05, 3.63) is 70.3 Å². The number of rotatable bonds is 4. The van der Waals surface area contributed by atoms with E-state index in [1.165, 1.54) is 11.6 Å². The second-order valence-electron chi connectivity index (χ2n) is 4.86. The van der Waals surface area contributed by atoms with E-state index in [0.29, 0.717) is 17.9 Å². The van der Waals surface area contributed by atoms with E-state index in [1.807, 2.05) is 31.2 Å². The molecule has 2 aromatic heterocycles. The number of aromatic nitrogens is 1. The maximum atomic E-state index is 11.4. The minimum absolute atomic E-state index is 0.339. The minimum Gasteiger partial charge on any atom is -0.493 e. The molecule has 2 heterocycles. The Labute approximate surface area is 122 Å². The molecule has 3 rings (SSSR count). The Balaban J connectivity index is 1.74. The first kappa shape index (κ1) is 13.4. The van der Waals surface area contributed by atoms with Gasteiger partial charge in [-0.1, -0.05) is 0 Å². The smallest absolute Gasteiger partial charge is 0.336 e. The van der Waals surface area contributed by atoms with Gasteiger partial charge in [-0.25, -0.2) is 4.79 Å². The van der Waals surface area contributed by atoms with Gasteiger partial charge in [0.2, 0.25) is 0 Å². The summed E-state index contributed by atoms with van der Waals surface area (Å²) >= 11 is 0. The second kappa shape index (κ2) is 5.79. The van der Waals surface area contributed by atoms with Gasteiger partial charge in [0.15, 0.2) is 0 Å². The predicted molar refractivity (Wildman–Crippen MR) is 80.7 cm³/mol. The van der Waals surface area contributed by atoms with E-state index in [4.69, 9.17) is 9.15 Å². The molecule has 0 aliphatic carbocycles. The fraction of sp³-hybridized carbons (Fsp3) is 0.176. The van der Waals surface area contributed by atoms with Crippen LogP contribution in [0.1, 0.15) is 11.1 Å². The third kappa shape index (κ3) is 3.11. The molecule has 0 aliphatic heterocycles. The summed E-state index contributed by atoms with van der Waals surface area (Å²) in [6.45, 7) is 2.45. The van der Waals surface area contributed by atoms with Crippen LogP contribution in [-0.4, -0.2) is 11.6 Å². The fourth-order valence-corrected chi connectivity index (χ4v) is 2.23. The lowest BCUT2D eigenvalue weighted by atomic mass is 10.1. The van der Waals surface area contributed by atoms with E-state index in [9.17, 15) is 4.79 Å². The van der Waals surface area contributed by atoms with Crippen LogP contribution >= 0.6 is 0 Å². The van der Waals surface area contributed by atoms with Crippen molar-refractivity contribution in [2.75, 3.05) is 6.61 Å². The topological polar surface area (TPSA) is 52.3 Å². The molecule has 0 amide bonds. The van der Waals surface area contributed by atoms with Gasteiger partial charge in [0.1, 0.15) is 11.3 Å². The third-order valence-corrected chi connectivity index (χ3v) is 3.33. The SMILES string of the molecule is Cc1cc(=O)oc2cc(OCCc3ccncc3)ccc12. The number of pyridine rings is 1. The molecule has 3 aromatic rings. The first-order valence-corrected chi connectivity index (χ1v) is 6.78. The van der Waals surface area contributed by atoms with Gasteiger partial charge in [-0.2, -0.15) is 0 Å². The summed E-state index contributed by atoms with van der Waals surface area (Å²) in [4.78, 5) is 15.4. The molecule has 4 heteroatoms. The zero-order valence-corrected chi connectivity index (χ0v) is 11.7. The van der Waals surface area contributed by atoms with Gasteiger partial charge >= 0.3 is 5.63 Å². The lowest BCUT2D eigenvalue weighted by molar-refractivity contribution is 0.322. The predicted octanol–water partition coefficient (Wildman–Crippen LogP) is 3.12. The van der Waals surface area contributed by atoms with Crippen LogP contribution in [0, 0.1) is 6.92 Å². The third-order valence-electron chi connectivity index (χ3n) is 3.33. The van der Waals surface area contributed by atoms with Gasteiger partial charge in [-0.3, -0.25) is 4.98 Å². The van der Waals surface area contributed by atoms with E-state index < -0.39 is 0 Å². The monoisotopic (exact) mass is 281 g/mol. The van der Waals surface area contributed by atoms with Gasteiger partial charge < -0.3 is 9.15 Å². The zero-order chi connectivity index (χ0) is 14.7. The molecule has 0 atom stereocenters. The number of nitrogens with zero attached hydrogens (tertiary/aromatic N) is 1. The molecular weight excluding hydrogens is 266 g/mol. The summed E-state index contributed by atoms with van der Waals surface area (Å²) in [7, 11) is 0. The molecule has 0 N–H and O–H groups in total. The molecule has 21 heavy (non-hydrogen) atoms. The average molecular weight is 281 g/mol. The quantitative estimate of drug-likeness (QED) is 0.689. The fourth-order valence-electron chi connectivity index (χ4n) is 2.23. The van der Waals surface area contributed by atoms with Crippen molar-refractivity contribution in [2.45, 2.75) is 13.3 Å². The van der Waals surface area contributed by atoms with E-state index in [0.717, 1.165) is 17.4 Å². The average Bonchev–Trinajstić information content (AvgIpc) is 2.48. The van der Waals surface area contributed by atoms with E-state index in [1.54, 1.807) is 18.5 Å². The van der Waals surface area contributed by atoms with Crippen LogP contribution in [0.2, 0.25) is 0 Å². The Bertz CT molecular complexity index is 809. The normalized spacial score (nSPS) is 10.7. The summed E-state index contributed by atoms with van der Waals surface area (Å²) in [6.07, 6.45) is 4.34. The Morgan fingerprint density at radius 3 is 2.76 bits per heavy atom. The zero-order valence-electron chi connectivity index (χ0n) is 11.7. The summed E-state index contributed by atoms with van der Waals surface area (Å²) < 4.78 is 10.9. The summed E-state index contributed by atoms with van der Waals surface area (Å²) in [5.41, 5.74) is 2.30. The van der Waals surface area contributed by atoms with Crippen molar-refractivity contribution in [3.8, 4) is 5.75 Å². The maximum Gasteiger partial charge on any atom is 0.336 e. The summed E-state index contributed by atoms with van der Waals surface area (Å²) in [6, 6.07) is 11.0. The molecule has 0 radical (unpaired) electrons. The van der Waals surface area contributed by atoms with Crippen molar-refractivity contribution in [1.82, 2.24) is 4.98 Å². The first-order chi connectivity index (χ1) is 10.2. The molecule has 0 fully saturated rings. The van der Waals surface area contributed by atoms with Crippen molar-refractivity contribution in [2.24, 2.45) is 0 Å². The van der Waals surface area contributed by atoms with Crippen molar-refractivity contribution < 1.29 is 9.15 Å². The number of ether oxygens (including phenoxy) is 1. The standard InChI is InChI=1S/C17H15NO3/c1-12-10-17(19)21-16-11-14(2-3-15(12)16)20-9-6-13-4-7-18-8-5-13/h2-5,7-8,10-11H,6,9H2,1H3. The van der Waals surface area contributed by atoms with Gasteiger partial charge in [0.05, 0.1) is 6.61 Å². The Morgan fingerprint density at radius 2 is 1.95 bits per heavy atom. The molecule has 0 saturated carbocycles. The van der Waals surface area contributed by atoms with Crippen molar-refractivity contribution in [1.29, 1.82) is 0 Å². The van der Waals surface area contributed by atoms with Crippen LogP contribution in [0.25, 0.3) is 11.0 Å². The van der Waals surface area contributed by atoms with Gasteiger partial charge in [-0.15, -0.1) is 0 Å². The molecule has 0 aliphatic rings. The number of benzene rings is 1. The molecule has 106 valence electrons. The first-order valence-electron chi connectivity index (χ1n) is 6.78. The van der Waals surface area contributed by atoms with E-state index in [2.05, 4.69) is 4.98 Å². The lowest BCUT2D eigenvalue weighted by Crippen LogP contribution is -2.02. The number of fused-ring (bicyclic) bond motifs is 1. The number of hydrogen-bond acceptors (Lipinski definition) is 4. The number of aryl methyl sites for hydroxylation is 1. The highest BCUT2D eigenvalue weighted by atomic mass is 16.5. The van der Waals surface area contributed by atoms with E-state index >= 15 is 0 Å². The Morgan fingerprint density at radius 1 is 1.14 bits per heavy atom. The summed E-state index contributed by atoms with van der Waals surface area (Å²) in [5.74, 6) is 0.699. The van der Waals surface area contributed by atoms with Crippen LogP contribution < -0.4 is 10.4 Å². The van der Waals surface area contributed by atoms with Crippen molar-refractivity contribution in [3.63, 3.8) is 0 Å². The molecule has 1 aromatic carbocycles. The Hall–Kier alpha value is -2.62. The highest BCUT2D eigenvalue weighted by molar-refractivity contribution is 5.81. The van der Waals surface area contributed by atoms with E-state index in [-0.39, 0.29) is 5.63 Å². The van der Waals surface area contributed by atoms with Crippen LogP contribution in [0.4, 0.5) is 0 Å². The Kier molecular flexibility index (Phi) is 3.69. The summed E-state index contributed by atoms with van der Waals surface area (Å²) in [5, 5.41) is 0.927. The van der Waals surface area contributed by atoms with Crippen molar-refractivity contribution >= 4 is 11.0 Å². The van der Waals surface area contributed by atoms with Crippen LogP contribution in [0.15, 0.2) is 58.0 Å². The number of hydrogen-bond donors (Lipinski definition) is 0. The molecule has 4 nitrogen and oxygen atoms in total. The molecule has 0 saturated heterocycles. The van der Waals surface area contributed by atoms with Crippen LogP contribution in [0.5, 0.6) is 5.75 Å². The maximum absolute atomic E-state index is 11.4. The van der Waals surface area contributed by atoms with Gasteiger partial charge in [-0.05, 0) is 42.3 Å².